The molecule has 2 aromatic carbocycles. The van der Waals surface area contributed by atoms with Crippen LogP contribution in [0, 0.1) is 0 Å². The van der Waals surface area contributed by atoms with Crippen molar-refractivity contribution in [3.8, 4) is 0 Å². The quantitative estimate of drug-likeness (QED) is 0.293. The van der Waals surface area contributed by atoms with Gasteiger partial charge in [0.1, 0.15) is 18.3 Å². The van der Waals surface area contributed by atoms with Crippen LogP contribution >= 0.6 is 22.6 Å². The first-order valence-electron chi connectivity index (χ1n) is 9.28. The molecule has 0 heterocycles. The molecule has 0 saturated heterocycles. The van der Waals surface area contributed by atoms with Gasteiger partial charge in [-0.3, -0.25) is 0 Å². The van der Waals surface area contributed by atoms with Gasteiger partial charge in [0, 0.05) is 6.42 Å². The molecule has 3 nitrogen and oxygen atoms in total. The molecule has 0 saturated carbocycles. The van der Waals surface area contributed by atoms with E-state index in [0.717, 1.165) is 16.7 Å². The molecule has 0 aliphatic rings. The summed E-state index contributed by atoms with van der Waals surface area (Å²) in [5, 5.41) is 3.17. The van der Waals surface area contributed by atoms with Crippen molar-refractivity contribution in [2.75, 3.05) is 6.67 Å². The Morgan fingerprint density at radius 1 is 1.18 bits per heavy atom. The molecular weight excluding hydrogens is 468 g/mol. The number of alkyl halides is 2. The van der Waals surface area contributed by atoms with E-state index < -0.39 is 18.3 Å². The highest BCUT2D eigenvalue weighted by Gasteiger charge is 2.25. The Morgan fingerprint density at radius 3 is 2.54 bits per heavy atom. The van der Waals surface area contributed by atoms with Gasteiger partial charge in [0.15, 0.2) is 0 Å². The second-order valence-electron chi connectivity index (χ2n) is 7.57. The minimum absolute atomic E-state index is 0.191. The molecule has 0 spiro atoms. The maximum Gasteiger partial charge on any atom is 0.329 e. The first kappa shape index (κ1) is 22.4. The molecule has 0 radical (unpaired) electrons. The maximum atomic E-state index is 13.0. The lowest BCUT2D eigenvalue weighted by atomic mass is 10.0. The Kier molecular flexibility index (Phi) is 8.48. The second-order valence-corrected chi connectivity index (χ2v) is 9.07. The summed E-state index contributed by atoms with van der Waals surface area (Å²) in [6, 6.07) is 17.0. The first-order chi connectivity index (χ1) is 13.3. The fourth-order valence-electron chi connectivity index (χ4n) is 2.65. The summed E-state index contributed by atoms with van der Waals surface area (Å²) in [6.07, 6.45) is 4.14. The van der Waals surface area contributed by atoms with E-state index in [1.165, 1.54) is 0 Å². The summed E-state index contributed by atoms with van der Waals surface area (Å²) in [6.45, 7) is 5.14. The predicted octanol–water partition coefficient (Wildman–Crippen LogP) is 5.65. The van der Waals surface area contributed by atoms with Crippen molar-refractivity contribution >= 4 is 34.6 Å². The number of hydrogen-bond acceptors (Lipinski definition) is 3. The average molecular weight is 495 g/mol. The van der Waals surface area contributed by atoms with Gasteiger partial charge in [0.05, 0.1) is 3.92 Å². The van der Waals surface area contributed by atoms with Gasteiger partial charge in [-0.2, -0.15) is 0 Å². The molecule has 0 fully saturated rings. The molecular formula is C23H27FINO2. The number of carbonyl (C=O) groups is 1. The molecule has 0 aliphatic heterocycles. The minimum atomic E-state index is -0.566. The highest BCUT2D eigenvalue weighted by Crippen LogP contribution is 2.25. The third-order valence-corrected chi connectivity index (χ3v) is 5.00. The van der Waals surface area contributed by atoms with Crippen LogP contribution in [0.2, 0.25) is 0 Å². The van der Waals surface area contributed by atoms with E-state index in [4.69, 9.17) is 4.74 Å². The van der Waals surface area contributed by atoms with Gasteiger partial charge in [0.2, 0.25) is 0 Å². The normalized spacial score (nSPS) is 13.9. The van der Waals surface area contributed by atoms with Crippen LogP contribution in [-0.2, 0) is 16.0 Å². The van der Waals surface area contributed by atoms with Crippen LogP contribution in [0.4, 0.5) is 4.39 Å². The minimum Gasteiger partial charge on any atom is -0.458 e. The third kappa shape index (κ3) is 7.62. The fourth-order valence-corrected chi connectivity index (χ4v) is 3.03. The largest absolute Gasteiger partial charge is 0.458 e. The van der Waals surface area contributed by atoms with Crippen molar-refractivity contribution in [2.45, 2.75) is 42.8 Å². The highest BCUT2D eigenvalue weighted by atomic mass is 127. The average Bonchev–Trinajstić information content (AvgIpc) is 2.66. The van der Waals surface area contributed by atoms with Crippen molar-refractivity contribution in [3.05, 3.63) is 77.5 Å². The molecule has 1 N–H and O–H groups in total. The van der Waals surface area contributed by atoms with Crippen molar-refractivity contribution < 1.29 is 13.9 Å². The lowest BCUT2D eigenvalue weighted by Crippen LogP contribution is -2.40. The summed E-state index contributed by atoms with van der Waals surface area (Å²) < 4.78 is 18.4. The smallest absolute Gasteiger partial charge is 0.329 e. The Morgan fingerprint density at radius 2 is 1.89 bits per heavy atom. The summed E-state index contributed by atoms with van der Waals surface area (Å²) in [5.41, 5.74) is 2.35. The van der Waals surface area contributed by atoms with Gasteiger partial charge < -0.3 is 10.1 Å². The van der Waals surface area contributed by atoms with E-state index in [0.29, 0.717) is 6.42 Å². The monoisotopic (exact) mass is 495 g/mol. The number of esters is 1. The molecule has 2 atom stereocenters. The SMILES string of the molecule is CC(C)(C)OC(=O)[C@H](Cc1cccc([C@H](I)CF)c1)N/C=C\c1ccccc1. The van der Waals surface area contributed by atoms with E-state index in [-0.39, 0.29) is 9.89 Å². The van der Waals surface area contributed by atoms with Crippen LogP contribution < -0.4 is 5.32 Å². The second kappa shape index (κ2) is 10.6. The van der Waals surface area contributed by atoms with Crippen LogP contribution in [-0.4, -0.2) is 24.3 Å². The van der Waals surface area contributed by atoms with Crippen LogP contribution in [0.25, 0.3) is 6.08 Å². The van der Waals surface area contributed by atoms with E-state index >= 15 is 0 Å². The number of ether oxygens (including phenoxy) is 1. The number of nitrogens with one attached hydrogen (secondary N) is 1. The molecule has 0 amide bonds. The maximum absolute atomic E-state index is 13.0. The number of hydrogen-bond donors (Lipinski definition) is 1. The molecule has 0 aromatic heterocycles. The molecule has 150 valence electrons. The van der Waals surface area contributed by atoms with Gasteiger partial charge in [-0.25, -0.2) is 9.18 Å². The molecule has 0 bridgehead atoms. The number of carbonyl (C=O) groups excluding carboxylic acids is 1. The van der Waals surface area contributed by atoms with Crippen LogP contribution in [0.3, 0.4) is 0 Å². The Hall–Kier alpha value is -1.89. The standard InChI is InChI=1S/C23H27FINO2/c1-23(2,3)28-22(27)21(26-13-12-17-8-5-4-6-9-17)15-18-10-7-11-19(14-18)20(25)16-24/h4-14,20-21,26H,15-16H2,1-3H3/b13-12-/t20-,21+/m1/s1. The van der Waals surface area contributed by atoms with Crippen molar-refractivity contribution in [2.24, 2.45) is 0 Å². The summed E-state index contributed by atoms with van der Waals surface area (Å²) in [5.74, 6) is -0.313. The molecule has 2 aromatic rings. The fraction of sp³-hybridized carbons (Fsp3) is 0.348. The van der Waals surface area contributed by atoms with Gasteiger partial charge in [-0.1, -0.05) is 77.2 Å². The molecule has 5 heteroatoms. The lowest BCUT2D eigenvalue weighted by molar-refractivity contribution is -0.157. The van der Waals surface area contributed by atoms with Crippen molar-refractivity contribution in [3.63, 3.8) is 0 Å². The molecule has 2 rings (SSSR count). The van der Waals surface area contributed by atoms with E-state index in [9.17, 15) is 9.18 Å². The summed E-state index contributed by atoms with van der Waals surface area (Å²) in [4.78, 5) is 12.7. The number of benzene rings is 2. The Bertz CT molecular complexity index is 787. The Balaban J connectivity index is 2.16. The summed E-state index contributed by atoms with van der Waals surface area (Å²) in [7, 11) is 0. The van der Waals surface area contributed by atoms with Gasteiger partial charge in [-0.15, -0.1) is 0 Å². The lowest BCUT2D eigenvalue weighted by Gasteiger charge is -2.24. The van der Waals surface area contributed by atoms with E-state index in [2.05, 4.69) is 27.9 Å². The summed E-state index contributed by atoms with van der Waals surface area (Å²) >= 11 is 2.09. The zero-order valence-corrected chi connectivity index (χ0v) is 18.6. The molecule has 0 unspecified atom stereocenters. The van der Waals surface area contributed by atoms with Crippen molar-refractivity contribution in [1.82, 2.24) is 5.32 Å². The Labute approximate surface area is 180 Å². The van der Waals surface area contributed by atoms with Gasteiger partial charge in [0.25, 0.3) is 0 Å². The molecule has 0 aliphatic carbocycles. The van der Waals surface area contributed by atoms with E-state index in [1.807, 2.05) is 81.4 Å². The zero-order chi connectivity index (χ0) is 20.6. The molecule has 28 heavy (non-hydrogen) atoms. The zero-order valence-electron chi connectivity index (χ0n) is 16.5. The third-order valence-electron chi connectivity index (χ3n) is 3.95. The number of rotatable bonds is 8. The first-order valence-corrected chi connectivity index (χ1v) is 10.5. The van der Waals surface area contributed by atoms with Crippen molar-refractivity contribution in [1.29, 1.82) is 0 Å². The van der Waals surface area contributed by atoms with E-state index in [1.54, 1.807) is 6.20 Å². The van der Waals surface area contributed by atoms with Crippen LogP contribution in [0.5, 0.6) is 0 Å². The van der Waals surface area contributed by atoms with Gasteiger partial charge >= 0.3 is 5.97 Å². The number of halogens is 2. The predicted molar refractivity (Wildman–Crippen MR) is 121 cm³/mol. The highest BCUT2D eigenvalue weighted by molar-refractivity contribution is 14.1. The van der Waals surface area contributed by atoms with Crippen LogP contribution in [0.1, 0.15) is 41.4 Å². The van der Waals surface area contributed by atoms with Gasteiger partial charge in [-0.05, 0) is 49.7 Å². The van der Waals surface area contributed by atoms with Crippen LogP contribution in [0.15, 0.2) is 60.8 Å². The topological polar surface area (TPSA) is 38.3 Å².